The molecular weight excluding hydrogens is 433 g/mol. The quantitative estimate of drug-likeness (QED) is 0.235. The van der Waals surface area contributed by atoms with Crippen molar-refractivity contribution in [2.75, 3.05) is 0 Å². The maximum Gasteiger partial charge on any atom is 0.169 e. The largest absolute Gasteiger partial charge is 0.274 e. The lowest BCUT2D eigenvalue weighted by atomic mass is 10.0. The molecule has 26 heavy (non-hydrogen) atoms. The number of pyridine rings is 1. The molecule has 0 radical (unpaired) electrons. The Morgan fingerprint density at radius 3 is 2.27 bits per heavy atom. The molecule has 5 rings (SSSR count). The fraction of sp³-hybridized carbons (Fsp3) is 0.0909. The third-order valence-corrected chi connectivity index (χ3v) is 6.17. The third kappa shape index (κ3) is 2.18. The number of rotatable bonds is 1. The van der Waals surface area contributed by atoms with E-state index in [1.54, 1.807) is 0 Å². The van der Waals surface area contributed by atoms with E-state index >= 15 is 0 Å². The molecule has 3 nitrogen and oxygen atoms in total. The smallest absolute Gasteiger partial charge is 0.169 e. The van der Waals surface area contributed by atoms with Gasteiger partial charge in [-0.05, 0) is 71.2 Å². The summed E-state index contributed by atoms with van der Waals surface area (Å²) in [6.07, 6.45) is 0. The molecular formula is C22H16IN3. The highest BCUT2D eigenvalue weighted by molar-refractivity contribution is 14.1. The molecule has 0 amide bonds. The number of fused-ring (bicyclic) bond motifs is 6. The first-order chi connectivity index (χ1) is 12.6. The summed E-state index contributed by atoms with van der Waals surface area (Å²) in [5.74, 6) is 0.902. The van der Waals surface area contributed by atoms with Crippen molar-refractivity contribution in [1.29, 1.82) is 0 Å². The standard InChI is InChI=1S/C22H16IN3/c1-13-12-19(23)14(2)11-18(13)22-25-24-21-17-9-4-3-7-15(17)16-8-5-6-10-20(16)26(21)22/h3-12H,1-2H3. The highest BCUT2D eigenvalue weighted by atomic mass is 127. The lowest BCUT2D eigenvalue weighted by Gasteiger charge is -2.11. The van der Waals surface area contributed by atoms with Crippen LogP contribution in [0.3, 0.4) is 0 Å². The minimum atomic E-state index is 0.902. The lowest BCUT2D eigenvalue weighted by Crippen LogP contribution is -1.96. The fourth-order valence-electron chi connectivity index (χ4n) is 3.69. The summed E-state index contributed by atoms with van der Waals surface area (Å²) in [6, 6.07) is 21.3. The van der Waals surface area contributed by atoms with Crippen molar-refractivity contribution in [2.24, 2.45) is 0 Å². The molecule has 4 heteroatoms. The number of hydrogen-bond donors (Lipinski definition) is 0. The minimum absolute atomic E-state index is 0.902. The van der Waals surface area contributed by atoms with Crippen LogP contribution in [0.25, 0.3) is 38.7 Å². The molecule has 3 aromatic carbocycles. The van der Waals surface area contributed by atoms with Crippen LogP contribution in [-0.4, -0.2) is 14.6 Å². The van der Waals surface area contributed by atoms with E-state index in [-0.39, 0.29) is 0 Å². The molecule has 0 aliphatic heterocycles. The van der Waals surface area contributed by atoms with E-state index in [0.717, 1.165) is 27.9 Å². The molecule has 0 fully saturated rings. The predicted octanol–water partition coefficient (Wildman–Crippen LogP) is 5.92. The van der Waals surface area contributed by atoms with Gasteiger partial charge in [0, 0.05) is 19.9 Å². The Bertz CT molecular complexity index is 1320. The summed E-state index contributed by atoms with van der Waals surface area (Å²) in [7, 11) is 0. The molecule has 126 valence electrons. The number of hydrogen-bond acceptors (Lipinski definition) is 2. The average Bonchev–Trinajstić information content (AvgIpc) is 3.10. The van der Waals surface area contributed by atoms with Gasteiger partial charge in [0.1, 0.15) is 0 Å². The Balaban J connectivity index is 2.00. The Hall–Kier alpha value is -2.47. The Morgan fingerprint density at radius 1 is 0.769 bits per heavy atom. The topological polar surface area (TPSA) is 30.2 Å². The maximum absolute atomic E-state index is 4.61. The number of aryl methyl sites for hydroxylation is 2. The number of benzene rings is 3. The van der Waals surface area contributed by atoms with Crippen molar-refractivity contribution < 1.29 is 0 Å². The van der Waals surface area contributed by atoms with Crippen LogP contribution in [0.1, 0.15) is 11.1 Å². The number of halogens is 1. The molecule has 0 unspecified atom stereocenters. The van der Waals surface area contributed by atoms with Gasteiger partial charge in [-0.15, -0.1) is 10.2 Å². The van der Waals surface area contributed by atoms with Gasteiger partial charge >= 0.3 is 0 Å². The van der Waals surface area contributed by atoms with Gasteiger partial charge in [0.15, 0.2) is 11.5 Å². The average molecular weight is 449 g/mol. The molecule has 0 bridgehead atoms. The van der Waals surface area contributed by atoms with E-state index in [1.165, 1.54) is 25.5 Å². The molecule has 2 heterocycles. The SMILES string of the molecule is Cc1cc(-c2nnc3c4ccccc4c4ccccc4n23)c(C)cc1I. The minimum Gasteiger partial charge on any atom is -0.274 e. The summed E-state index contributed by atoms with van der Waals surface area (Å²) in [4.78, 5) is 0. The molecule has 0 saturated heterocycles. The van der Waals surface area contributed by atoms with Crippen molar-refractivity contribution in [2.45, 2.75) is 13.8 Å². The van der Waals surface area contributed by atoms with E-state index in [9.17, 15) is 0 Å². The second-order valence-corrected chi connectivity index (χ2v) is 7.82. The first kappa shape index (κ1) is 15.8. The molecule has 0 saturated carbocycles. The van der Waals surface area contributed by atoms with Gasteiger partial charge in [0.2, 0.25) is 0 Å². The monoisotopic (exact) mass is 449 g/mol. The Morgan fingerprint density at radius 2 is 1.46 bits per heavy atom. The van der Waals surface area contributed by atoms with Crippen molar-refractivity contribution in [3.05, 3.63) is 75.4 Å². The summed E-state index contributed by atoms with van der Waals surface area (Å²) < 4.78 is 3.47. The van der Waals surface area contributed by atoms with E-state index in [1.807, 2.05) is 0 Å². The zero-order valence-corrected chi connectivity index (χ0v) is 16.7. The van der Waals surface area contributed by atoms with Gasteiger partial charge in [-0.3, -0.25) is 4.40 Å². The molecule has 5 aromatic rings. The van der Waals surface area contributed by atoms with Gasteiger partial charge in [-0.25, -0.2) is 0 Å². The number of para-hydroxylation sites is 1. The van der Waals surface area contributed by atoms with E-state index < -0.39 is 0 Å². The zero-order chi connectivity index (χ0) is 17.8. The van der Waals surface area contributed by atoms with Crippen molar-refractivity contribution in [1.82, 2.24) is 14.6 Å². The Kier molecular flexibility index (Phi) is 3.50. The van der Waals surface area contributed by atoms with Crippen LogP contribution < -0.4 is 0 Å². The highest BCUT2D eigenvalue weighted by Gasteiger charge is 2.17. The molecule has 0 spiro atoms. The normalized spacial score (nSPS) is 11.7. The van der Waals surface area contributed by atoms with Gasteiger partial charge in [-0.2, -0.15) is 0 Å². The summed E-state index contributed by atoms with van der Waals surface area (Å²) in [5.41, 5.74) is 5.65. The second-order valence-electron chi connectivity index (χ2n) is 6.66. The van der Waals surface area contributed by atoms with Crippen molar-refractivity contribution in [3.8, 4) is 11.4 Å². The predicted molar refractivity (Wildman–Crippen MR) is 116 cm³/mol. The summed E-state index contributed by atoms with van der Waals surface area (Å²) in [5, 5.41) is 12.7. The maximum atomic E-state index is 4.61. The van der Waals surface area contributed by atoms with Crippen molar-refractivity contribution >= 4 is 49.9 Å². The van der Waals surface area contributed by atoms with Crippen LogP contribution in [0.2, 0.25) is 0 Å². The number of aromatic nitrogens is 3. The van der Waals surface area contributed by atoms with Gasteiger partial charge in [-0.1, -0.05) is 42.5 Å². The van der Waals surface area contributed by atoms with Gasteiger partial charge in [0.05, 0.1) is 5.52 Å². The number of nitrogens with zero attached hydrogens (tertiary/aromatic N) is 3. The van der Waals surface area contributed by atoms with Gasteiger partial charge < -0.3 is 0 Å². The first-order valence-electron chi connectivity index (χ1n) is 8.57. The zero-order valence-electron chi connectivity index (χ0n) is 14.5. The van der Waals surface area contributed by atoms with Gasteiger partial charge in [0.25, 0.3) is 0 Å². The molecule has 0 N–H and O–H groups in total. The van der Waals surface area contributed by atoms with Crippen LogP contribution in [0.4, 0.5) is 0 Å². The second kappa shape index (κ2) is 5.77. The first-order valence-corrected chi connectivity index (χ1v) is 9.65. The highest BCUT2D eigenvalue weighted by Crippen LogP contribution is 2.33. The summed E-state index contributed by atoms with van der Waals surface area (Å²) >= 11 is 2.39. The van der Waals surface area contributed by atoms with Crippen LogP contribution in [-0.2, 0) is 0 Å². The van der Waals surface area contributed by atoms with Crippen LogP contribution >= 0.6 is 22.6 Å². The van der Waals surface area contributed by atoms with Crippen LogP contribution in [0, 0.1) is 17.4 Å². The lowest BCUT2D eigenvalue weighted by molar-refractivity contribution is 1.11. The fourth-order valence-corrected chi connectivity index (χ4v) is 4.32. The van der Waals surface area contributed by atoms with E-state index in [2.05, 4.69) is 112 Å². The Labute approximate surface area is 164 Å². The molecule has 2 aromatic heterocycles. The molecule has 0 aliphatic carbocycles. The molecule has 0 atom stereocenters. The molecule has 0 aliphatic rings. The van der Waals surface area contributed by atoms with Crippen LogP contribution in [0.15, 0.2) is 60.7 Å². The van der Waals surface area contributed by atoms with E-state index in [4.69, 9.17) is 0 Å². The summed E-state index contributed by atoms with van der Waals surface area (Å²) in [6.45, 7) is 4.28. The van der Waals surface area contributed by atoms with Crippen molar-refractivity contribution in [3.63, 3.8) is 0 Å². The van der Waals surface area contributed by atoms with Crippen LogP contribution in [0.5, 0.6) is 0 Å². The van der Waals surface area contributed by atoms with E-state index in [0.29, 0.717) is 0 Å². The third-order valence-electron chi connectivity index (χ3n) is 5.01.